The molecule has 0 saturated carbocycles. The fourth-order valence-corrected chi connectivity index (χ4v) is 1.03. The van der Waals surface area contributed by atoms with Gasteiger partial charge in [0.15, 0.2) is 0 Å². The van der Waals surface area contributed by atoms with Crippen LogP contribution < -0.4 is 5.32 Å². The van der Waals surface area contributed by atoms with E-state index in [0.29, 0.717) is 11.9 Å². The van der Waals surface area contributed by atoms with Crippen molar-refractivity contribution in [3.05, 3.63) is 24.8 Å². The standard InChI is InChI=1S/C8H10N6/c1-2-9-7-10-6-11-8(13-7)14-5-3-4-12-14/h3-6H,2H2,1H3,(H,9,10,11,13). The summed E-state index contributed by atoms with van der Waals surface area (Å²) in [5, 5.41) is 7.03. The maximum absolute atomic E-state index is 4.17. The zero-order valence-corrected chi connectivity index (χ0v) is 7.75. The van der Waals surface area contributed by atoms with E-state index < -0.39 is 0 Å². The maximum Gasteiger partial charge on any atom is 0.255 e. The Hall–Kier alpha value is -1.98. The highest BCUT2D eigenvalue weighted by Gasteiger charge is 2.00. The summed E-state index contributed by atoms with van der Waals surface area (Å²) in [5.41, 5.74) is 0. The Morgan fingerprint density at radius 3 is 3.07 bits per heavy atom. The molecule has 0 spiro atoms. The third kappa shape index (κ3) is 1.68. The van der Waals surface area contributed by atoms with Crippen molar-refractivity contribution in [3.63, 3.8) is 0 Å². The molecule has 0 aliphatic carbocycles. The predicted octanol–water partition coefficient (Wildman–Crippen LogP) is 0.489. The highest BCUT2D eigenvalue weighted by Crippen LogP contribution is 2.00. The van der Waals surface area contributed by atoms with E-state index in [2.05, 4.69) is 25.4 Å². The second kappa shape index (κ2) is 3.82. The maximum atomic E-state index is 4.17. The number of rotatable bonds is 3. The van der Waals surface area contributed by atoms with E-state index in [4.69, 9.17) is 0 Å². The third-order valence-electron chi connectivity index (χ3n) is 1.60. The van der Waals surface area contributed by atoms with Crippen LogP contribution in [-0.4, -0.2) is 31.3 Å². The van der Waals surface area contributed by atoms with E-state index >= 15 is 0 Å². The smallest absolute Gasteiger partial charge is 0.255 e. The lowest BCUT2D eigenvalue weighted by Gasteiger charge is -2.02. The van der Waals surface area contributed by atoms with E-state index in [0.717, 1.165) is 6.54 Å². The molecule has 6 nitrogen and oxygen atoms in total. The first kappa shape index (κ1) is 8.61. The molecule has 0 aliphatic heterocycles. The average Bonchev–Trinajstić information content (AvgIpc) is 2.71. The summed E-state index contributed by atoms with van der Waals surface area (Å²) < 4.78 is 1.59. The number of hydrogen-bond donors (Lipinski definition) is 1. The van der Waals surface area contributed by atoms with Gasteiger partial charge < -0.3 is 5.32 Å². The number of aromatic nitrogens is 5. The zero-order chi connectivity index (χ0) is 9.80. The van der Waals surface area contributed by atoms with Crippen molar-refractivity contribution in [3.8, 4) is 5.95 Å². The van der Waals surface area contributed by atoms with Crippen molar-refractivity contribution in [2.45, 2.75) is 6.92 Å². The molecule has 1 N–H and O–H groups in total. The van der Waals surface area contributed by atoms with Gasteiger partial charge in [0, 0.05) is 18.9 Å². The molecular formula is C8H10N6. The first-order valence-corrected chi connectivity index (χ1v) is 4.33. The van der Waals surface area contributed by atoms with E-state index in [-0.39, 0.29) is 0 Å². The molecule has 2 rings (SSSR count). The Labute approximate surface area is 81.0 Å². The van der Waals surface area contributed by atoms with Gasteiger partial charge in [-0.1, -0.05) is 0 Å². The highest BCUT2D eigenvalue weighted by molar-refractivity contribution is 5.25. The number of nitrogens with one attached hydrogen (secondary N) is 1. The van der Waals surface area contributed by atoms with Crippen LogP contribution in [0.15, 0.2) is 24.8 Å². The lowest BCUT2D eigenvalue weighted by Crippen LogP contribution is -2.07. The first-order chi connectivity index (χ1) is 6.90. The molecule has 6 heteroatoms. The van der Waals surface area contributed by atoms with Gasteiger partial charge in [-0.3, -0.25) is 0 Å². The Kier molecular flexibility index (Phi) is 2.35. The summed E-state index contributed by atoms with van der Waals surface area (Å²) in [6.45, 7) is 2.76. The molecule has 14 heavy (non-hydrogen) atoms. The van der Waals surface area contributed by atoms with Gasteiger partial charge in [0.25, 0.3) is 5.95 Å². The largest absolute Gasteiger partial charge is 0.354 e. The molecule has 2 aromatic heterocycles. The van der Waals surface area contributed by atoms with Crippen molar-refractivity contribution >= 4 is 5.95 Å². The third-order valence-corrected chi connectivity index (χ3v) is 1.60. The van der Waals surface area contributed by atoms with E-state index in [9.17, 15) is 0 Å². The van der Waals surface area contributed by atoms with Crippen LogP contribution in [-0.2, 0) is 0 Å². The summed E-state index contributed by atoms with van der Waals surface area (Å²) in [5.74, 6) is 1.08. The van der Waals surface area contributed by atoms with Gasteiger partial charge in [0.1, 0.15) is 6.33 Å². The van der Waals surface area contributed by atoms with Crippen LogP contribution in [0.1, 0.15) is 6.92 Å². The van der Waals surface area contributed by atoms with Gasteiger partial charge in [-0.25, -0.2) is 9.67 Å². The number of nitrogens with zero attached hydrogens (tertiary/aromatic N) is 5. The average molecular weight is 190 g/mol. The molecular weight excluding hydrogens is 180 g/mol. The summed E-state index contributed by atoms with van der Waals surface area (Å²) in [6, 6.07) is 1.82. The highest BCUT2D eigenvalue weighted by atomic mass is 15.4. The Morgan fingerprint density at radius 1 is 1.43 bits per heavy atom. The first-order valence-electron chi connectivity index (χ1n) is 4.33. The lowest BCUT2D eigenvalue weighted by molar-refractivity contribution is 0.795. The normalized spacial score (nSPS) is 10.1. The van der Waals surface area contributed by atoms with Crippen LogP contribution in [0.2, 0.25) is 0 Å². The second-order valence-electron chi connectivity index (χ2n) is 2.59. The van der Waals surface area contributed by atoms with Crippen molar-refractivity contribution < 1.29 is 0 Å². The van der Waals surface area contributed by atoms with Gasteiger partial charge in [-0.15, -0.1) is 0 Å². The molecule has 0 aliphatic rings. The minimum atomic E-state index is 0.515. The summed E-state index contributed by atoms with van der Waals surface area (Å²) in [4.78, 5) is 12.1. The van der Waals surface area contributed by atoms with Gasteiger partial charge in [0.05, 0.1) is 0 Å². The van der Waals surface area contributed by atoms with Crippen LogP contribution >= 0.6 is 0 Å². The molecule has 2 aromatic rings. The van der Waals surface area contributed by atoms with E-state index in [1.54, 1.807) is 17.1 Å². The minimum absolute atomic E-state index is 0.515. The van der Waals surface area contributed by atoms with Crippen molar-refractivity contribution in [1.29, 1.82) is 0 Å². The van der Waals surface area contributed by atoms with Gasteiger partial charge in [-0.05, 0) is 13.0 Å². The minimum Gasteiger partial charge on any atom is -0.354 e. The predicted molar refractivity (Wildman–Crippen MR) is 51.1 cm³/mol. The molecule has 0 aromatic carbocycles. The molecule has 0 atom stereocenters. The monoisotopic (exact) mass is 190 g/mol. The summed E-state index contributed by atoms with van der Waals surface area (Å²) in [6.07, 6.45) is 4.92. The Balaban J connectivity index is 2.31. The van der Waals surface area contributed by atoms with Crippen LogP contribution in [0.25, 0.3) is 5.95 Å². The summed E-state index contributed by atoms with van der Waals surface area (Å²) >= 11 is 0. The Bertz CT molecular complexity index is 396. The Morgan fingerprint density at radius 2 is 2.36 bits per heavy atom. The van der Waals surface area contributed by atoms with Crippen LogP contribution in [0, 0.1) is 0 Å². The number of anilines is 1. The fraction of sp³-hybridized carbons (Fsp3) is 0.250. The molecule has 0 bridgehead atoms. The molecule has 72 valence electrons. The van der Waals surface area contributed by atoms with Crippen LogP contribution in [0.4, 0.5) is 5.95 Å². The van der Waals surface area contributed by atoms with E-state index in [1.165, 1.54) is 6.33 Å². The van der Waals surface area contributed by atoms with Crippen LogP contribution in [0.3, 0.4) is 0 Å². The molecule has 0 fully saturated rings. The quantitative estimate of drug-likeness (QED) is 0.762. The SMILES string of the molecule is CCNc1ncnc(-n2cccn2)n1. The van der Waals surface area contributed by atoms with Gasteiger partial charge in [-0.2, -0.15) is 15.1 Å². The fourth-order valence-electron chi connectivity index (χ4n) is 1.03. The lowest BCUT2D eigenvalue weighted by atomic mass is 10.7. The van der Waals surface area contributed by atoms with E-state index in [1.807, 2.05) is 13.0 Å². The van der Waals surface area contributed by atoms with Gasteiger partial charge in [0.2, 0.25) is 5.95 Å². The van der Waals surface area contributed by atoms with Crippen molar-refractivity contribution in [1.82, 2.24) is 24.7 Å². The second-order valence-corrected chi connectivity index (χ2v) is 2.59. The number of hydrogen-bond acceptors (Lipinski definition) is 5. The molecule has 0 radical (unpaired) electrons. The van der Waals surface area contributed by atoms with Crippen LogP contribution in [0.5, 0.6) is 0 Å². The zero-order valence-electron chi connectivity index (χ0n) is 7.75. The molecule has 0 amide bonds. The topological polar surface area (TPSA) is 68.5 Å². The summed E-state index contributed by atoms with van der Waals surface area (Å²) in [7, 11) is 0. The van der Waals surface area contributed by atoms with Gasteiger partial charge >= 0.3 is 0 Å². The molecule has 0 saturated heterocycles. The molecule has 0 unspecified atom stereocenters. The van der Waals surface area contributed by atoms with Crippen molar-refractivity contribution in [2.24, 2.45) is 0 Å². The molecule has 2 heterocycles. The van der Waals surface area contributed by atoms with Crippen molar-refractivity contribution in [2.75, 3.05) is 11.9 Å².